The molecular formula is C13H16N2O3. The van der Waals surface area contributed by atoms with E-state index in [4.69, 9.17) is 4.74 Å². The van der Waals surface area contributed by atoms with Crippen molar-refractivity contribution >= 4 is 17.5 Å². The smallest absolute Gasteiger partial charge is 0.227 e. The fourth-order valence-electron chi connectivity index (χ4n) is 1.91. The summed E-state index contributed by atoms with van der Waals surface area (Å²) >= 11 is 0. The average Bonchev–Trinajstić information content (AvgIpc) is 2.43. The van der Waals surface area contributed by atoms with Crippen LogP contribution in [0.15, 0.2) is 24.3 Å². The molecule has 0 saturated carbocycles. The van der Waals surface area contributed by atoms with Crippen LogP contribution in [-0.4, -0.2) is 32.0 Å². The van der Waals surface area contributed by atoms with Gasteiger partial charge in [0.05, 0.1) is 12.2 Å². The van der Waals surface area contributed by atoms with E-state index in [9.17, 15) is 9.59 Å². The molecule has 0 aliphatic carbocycles. The van der Waals surface area contributed by atoms with Gasteiger partial charge >= 0.3 is 0 Å². The Kier molecular flexibility index (Phi) is 3.82. The van der Waals surface area contributed by atoms with Crippen molar-refractivity contribution in [3.8, 4) is 5.75 Å². The number of hydrogen-bond donors (Lipinski definition) is 1. The number of anilines is 1. The summed E-state index contributed by atoms with van der Waals surface area (Å²) in [7, 11) is 1.57. The molecule has 1 heterocycles. The number of ether oxygens (including phenoxy) is 1. The van der Waals surface area contributed by atoms with Crippen LogP contribution in [0, 0.1) is 0 Å². The van der Waals surface area contributed by atoms with Gasteiger partial charge in [-0.25, -0.2) is 0 Å². The van der Waals surface area contributed by atoms with Gasteiger partial charge in [-0.1, -0.05) is 12.1 Å². The maximum absolute atomic E-state index is 12.1. The van der Waals surface area contributed by atoms with Crippen molar-refractivity contribution in [2.24, 2.45) is 0 Å². The molecule has 18 heavy (non-hydrogen) atoms. The lowest BCUT2D eigenvalue weighted by molar-refractivity contribution is -0.125. The van der Waals surface area contributed by atoms with Gasteiger partial charge < -0.3 is 15.0 Å². The molecule has 96 valence electrons. The van der Waals surface area contributed by atoms with Crippen molar-refractivity contribution < 1.29 is 14.3 Å². The second-order valence-corrected chi connectivity index (χ2v) is 4.03. The number of fused-ring (bicyclic) bond motifs is 1. The zero-order valence-electron chi connectivity index (χ0n) is 10.3. The lowest BCUT2D eigenvalue weighted by atomic mass is 10.2. The average molecular weight is 248 g/mol. The van der Waals surface area contributed by atoms with Gasteiger partial charge in [0.1, 0.15) is 12.4 Å². The number of para-hydroxylation sites is 2. The van der Waals surface area contributed by atoms with Crippen molar-refractivity contribution in [3.63, 3.8) is 0 Å². The van der Waals surface area contributed by atoms with Crippen LogP contribution >= 0.6 is 0 Å². The molecule has 1 aromatic rings. The van der Waals surface area contributed by atoms with Gasteiger partial charge in [0.25, 0.3) is 0 Å². The molecule has 0 unspecified atom stereocenters. The minimum absolute atomic E-state index is 0.0469. The van der Waals surface area contributed by atoms with Crippen LogP contribution in [0.2, 0.25) is 0 Å². The molecule has 1 aliphatic heterocycles. The molecule has 2 rings (SSSR count). The Morgan fingerprint density at radius 3 is 2.89 bits per heavy atom. The Hall–Kier alpha value is -2.04. The SMILES string of the molecule is CNC(=O)CCC(=O)N1CCOc2ccccc21. The highest BCUT2D eigenvalue weighted by atomic mass is 16.5. The maximum Gasteiger partial charge on any atom is 0.227 e. The summed E-state index contributed by atoms with van der Waals surface area (Å²) in [5.74, 6) is 0.552. The van der Waals surface area contributed by atoms with E-state index in [1.807, 2.05) is 24.3 Å². The van der Waals surface area contributed by atoms with Gasteiger partial charge in [-0.3, -0.25) is 9.59 Å². The second-order valence-electron chi connectivity index (χ2n) is 4.03. The number of nitrogens with one attached hydrogen (secondary N) is 1. The van der Waals surface area contributed by atoms with Crippen LogP contribution in [0.25, 0.3) is 0 Å². The van der Waals surface area contributed by atoms with Crippen LogP contribution in [-0.2, 0) is 9.59 Å². The van der Waals surface area contributed by atoms with E-state index >= 15 is 0 Å². The number of amides is 2. The first-order valence-electron chi connectivity index (χ1n) is 5.95. The van der Waals surface area contributed by atoms with Crippen molar-refractivity contribution in [1.29, 1.82) is 0 Å². The first-order chi connectivity index (χ1) is 8.72. The van der Waals surface area contributed by atoms with E-state index in [1.54, 1.807) is 11.9 Å². The Morgan fingerprint density at radius 2 is 2.11 bits per heavy atom. The first-order valence-corrected chi connectivity index (χ1v) is 5.95. The lowest BCUT2D eigenvalue weighted by Crippen LogP contribution is -2.38. The maximum atomic E-state index is 12.1. The predicted molar refractivity (Wildman–Crippen MR) is 67.6 cm³/mol. The minimum Gasteiger partial charge on any atom is -0.490 e. The fourth-order valence-corrected chi connectivity index (χ4v) is 1.91. The summed E-state index contributed by atoms with van der Waals surface area (Å²) < 4.78 is 5.48. The zero-order valence-corrected chi connectivity index (χ0v) is 10.3. The normalized spacial score (nSPS) is 13.5. The Bertz CT molecular complexity index is 459. The Balaban J connectivity index is 2.06. The number of rotatable bonds is 3. The quantitative estimate of drug-likeness (QED) is 0.866. The highest BCUT2D eigenvalue weighted by molar-refractivity contribution is 5.97. The van der Waals surface area contributed by atoms with Gasteiger partial charge in [0.2, 0.25) is 11.8 Å². The van der Waals surface area contributed by atoms with Gasteiger partial charge in [-0.15, -0.1) is 0 Å². The molecule has 0 aromatic heterocycles. The highest BCUT2D eigenvalue weighted by Gasteiger charge is 2.23. The standard InChI is InChI=1S/C13H16N2O3/c1-14-12(16)6-7-13(17)15-8-9-18-11-5-3-2-4-10(11)15/h2-5H,6-9H2,1H3,(H,14,16). The van der Waals surface area contributed by atoms with E-state index in [0.717, 1.165) is 11.4 Å². The van der Waals surface area contributed by atoms with Crippen LogP contribution in [0.3, 0.4) is 0 Å². The third kappa shape index (κ3) is 2.61. The fraction of sp³-hybridized carbons (Fsp3) is 0.385. The van der Waals surface area contributed by atoms with Crippen molar-refractivity contribution in [3.05, 3.63) is 24.3 Å². The molecule has 1 aromatic carbocycles. The molecule has 0 bridgehead atoms. The summed E-state index contributed by atoms with van der Waals surface area (Å²) in [5, 5.41) is 2.51. The summed E-state index contributed by atoms with van der Waals surface area (Å²) in [6, 6.07) is 7.43. The van der Waals surface area contributed by atoms with Crippen molar-refractivity contribution in [1.82, 2.24) is 5.32 Å². The van der Waals surface area contributed by atoms with Gasteiger partial charge in [-0.05, 0) is 12.1 Å². The summed E-state index contributed by atoms with van der Waals surface area (Å²) in [6.07, 6.45) is 0.433. The van der Waals surface area contributed by atoms with Crippen molar-refractivity contribution in [2.75, 3.05) is 25.1 Å². The number of benzene rings is 1. The monoisotopic (exact) mass is 248 g/mol. The van der Waals surface area contributed by atoms with Crippen molar-refractivity contribution in [2.45, 2.75) is 12.8 Å². The Morgan fingerprint density at radius 1 is 1.33 bits per heavy atom. The molecule has 0 spiro atoms. The number of carbonyl (C=O) groups is 2. The summed E-state index contributed by atoms with van der Waals surface area (Å²) in [6.45, 7) is 1.02. The van der Waals surface area contributed by atoms with E-state index in [-0.39, 0.29) is 24.7 Å². The summed E-state index contributed by atoms with van der Waals surface area (Å²) in [4.78, 5) is 24.9. The number of hydrogen-bond acceptors (Lipinski definition) is 3. The molecule has 0 saturated heterocycles. The molecule has 1 N–H and O–H groups in total. The Labute approximate surface area is 106 Å². The largest absolute Gasteiger partial charge is 0.490 e. The molecule has 5 heteroatoms. The van der Waals surface area contributed by atoms with Gasteiger partial charge in [-0.2, -0.15) is 0 Å². The van der Waals surface area contributed by atoms with Crippen LogP contribution < -0.4 is 15.0 Å². The zero-order chi connectivity index (χ0) is 13.0. The first kappa shape index (κ1) is 12.4. The van der Waals surface area contributed by atoms with E-state index in [2.05, 4.69) is 5.32 Å². The molecule has 0 fully saturated rings. The topological polar surface area (TPSA) is 58.6 Å². The van der Waals surface area contributed by atoms with E-state index in [1.165, 1.54) is 0 Å². The predicted octanol–water partition coefficient (Wildman–Crippen LogP) is 0.938. The molecule has 2 amide bonds. The minimum atomic E-state index is -0.120. The second kappa shape index (κ2) is 5.53. The lowest BCUT2D eigenvalue weighted by Gasteiger charge is -2.29. The van der Waals surface area contributed by atoms with E-state index < -0.39 is 0 Å². The van der Waals surface area contributed by atoms with Crippen LogP contribution in [0.4, 0.5) is 5.69 Å². The molecule has 0 atom stereocenters. The highest BCUT2D eigenvalue weighted by Crippen LogP contribution is 2.31. The van der Waals surface area contributed by atoms with Gasteiger partial charge in [0.15, 0.2) is 0 Å². The van der Waals surface area contributed by atoms with Crippen LogP contribution in [0.5, 0.6) is 5.75 Å². The number of carbonyl (C=O) groups excluding carboxylic acids is 2. The molecule has 1 aliphatic rings. The molecule has 0 radical (unpaired) electrons. The summed E-state index contributed by atoms with van der Waals surface area (Å²) in [5.41, 5.74) is 0.783. The third-order valence-corrected chi connectivity index (χ3v) is 2.87. The van der Waals surface area contributed by atoms with Gasteiger partial charge in [0, 0.05) is 19.9 Å². The molecular weight excluding hydrogens is 232 g/mol. The third-order valence-electron chi connectivity index (χ3n) is 2.87. The van der Waals surface area contributed by atoms with E-state index in [0.29, 0.717) is 13.2 Å². The molecule has 5 nitrogen and oxygen atoms in total. The van der Waals surface area contributed by atoms with Crippen LogP contribution in [0.1, 0.15) is 12.8 Å². The number of nitrogens with zero attached hydrogens (tertiary/aromatic N) is 1.